The Labute approximate surface area is 221 Å². The molecule has 188 valence electrons. The monoisotopic (exact) mass is 518 g/mol. The third-order valence-corrected chi connectivity index (χ3v) is 8.93. The summed E-state index contributed by atoms with van der Waals surface area (Å²) in [6, 6.07) is 12.3. The SMILES string of the molecule is CCCCCCN1C(=O)C(c2cccs2)=c2cc3c(cc21)=C(c1cccs1)C(=O)N3CCCCCC. The van der Waals surface area contributed by atoms with Crippen LogP contribution in [0.5, 0.6) is 0 Å². The fourth-order valence-electron chi connectivity index (χ4n) is 5.30. The number of hydrogen-bond acceptors (Lipinski definition) is 4. The number of carbonyl (C=O) groups is 2. The minimum absolute atomic E-state index is 0.0890. The van der Waals surface area contributed by atoms with E-state index in [2.05, 4.69) is 26.0 Å². The molecule has 0 radical (unpaired) electrons. The molecule has 0 unspecified atom stereocenters. The summed E-state index contributed by atoms with van der Waals surface area (Å²) in [6.07, 6.45) is 8.89. The summed E-state index contributed by atoms with van der Waals surface area (Å²) in [6.45, 7) is 5.83. The topological polar surface area (TPSA) is 40.6 Å². The van der Waals surface area contributed by atoms with Gasteiger partial charge in [-0.1, -0.05) is 64.5 Å². The first-order chi connectivity index (χ1) is 17.7. The van der Waals surface area contributed by atoms with Crippen molar-refractivity contribution < 1.29 is 9.59 Å². The Balaban J connectivity index is 1.65. The van der Waals surface area contributed by atoms with E-state index in [0.29, 0.717) is 13.1 Å². The van der Waals surface area contributed by atoms with Gasteiger partial charge in [0.05, 0.1) is 22.5 Å². The number of nitrogens with zero attached hydrogens (tertiary/aromatic N) is 2. The van der Waals surface area contributed by atoms with Gasteiger partial charge in [-0.2, -0.15) is 0 Å². The van der Waals surface area contributed by atoms with Gasteiger partial charge >= 0.3 is 0 Å². The molecule has 1 aromatic carbocycles. The van der Waals surface area contributed by atoms with Crippen LogP contribution >= 0.6 is 22.7 Å². The predicted molar refractivity (Wildman–Crippen MR) is 152 cm³/mol. The lowest BCUT2D eigenvalue weighted by Crippen LogP contribution is -2.31. The lowest BCUT2D eigenvalue weighted by Gasteiger charge is -2.20. The number of benzene rings is 1. The molecule has 6 heteroatoms. The average molecular weight is 519 g/mol. The second kappa shape index (κ2) is 11.1. The zero-order chi connectivity index (χ0) is 25.1. The summed E-state index contributed by atoms with van der Waals surface area (Å²) in [7, 11) is 0. The predicted octanol–water partition coefficient (Wildman–Crippen LogP) is 6.06. The zero-order valence-corrected chi connectivity index (χ0v) is 22.9. The van der Waals surface area contributed by atoms with E-state index in [1.54, 1.807) is 22.7 Å². The second-order valence-electron chi connectivity index (χ2n) is 9.63. The smallest absolute Gasteiger partial charge is 0.260 e. The highest BCUT2D eigenvalue weighted by Crippen LogP contribution is 2.33. The van der Waals surface area contributed by atoms with Gasteiger partial charge in [-0.3, -0.25) is 9.59 Å². The molecule has 3 aromatic rings. The van der Waals surface area contributed by atoms with E-state index in [0.717, 1.165) is 68.4 Å². The van der Waals surface area contributed by atoms with Crippen molar-refractivity contribution in [1.82, 2.24) is 0 Å². The summed E-state index contributed by atoms with van der Waals surface area (Å²) in [5.74, 6) is 0.178. The number of hydrogen-bond donors (Lipinski definition) is 0. The second-order valence-corrected chi connectivity index (χ2v) is 11.5. The molecule has 0 spiro atoms. The minimum Gasteiger partial charge on any atom is -0.308 e. The zero-order valence-electron chi connectivity index (χ0n) is 21.2. The molecule has 5 rings (SSSR count). The van der Waals surface area contributed by atoms with Crippen molar-refractivity contribution in [2.75, 3.05) is 22.9 Å². The van der Waals surface area contributed by atoms with Crippen LogP contribution in [-0.4, -0.2) is 24.9 Å². The molecule has 0 atom stereocenters. The molecule has 2 amide bonds. The van der Waals surface area contributed by atoms with Crippen LogP contribution in [0.2, 0.25) is 0 Å². The Morgan fingerprint density at radius 2 is 1.08 bits per heavy atom. The lowest BCUT2D eigenvalue weighted by molar-refractivity contribution is -0.113. The Morgan fingerprint density at radius 3 is 1.44 bits per heavy atom. The van der Waals surface area contributed by atoms with Crippen LogP contribution in [0, 0.1) is 0 Å². The molecule has 2 aromatic heterocycles. The van der Waals surface area contributed by atoms with E-state index in [1.807, 2.05) is 44.8 Å². The van der Waals surface area contributed by atoms with Crippen molar-refractivity contribution in [2.45, 2.75) is 65.2 Å². The maximum absolute atomic E-state index is 13.8. The lowest BCUT2D eigenvalue weighted by atomic mass is 10.1. The molecule has 0 bridgehead atoms. The van der Waals surface area contributed by atoms with E-state index in [1.165, 1.54) is 25.7 Å². The first-order valence-corrected chi connectivity index (χ1v) is 15.1. The van der Waals surface area contributed by atoms with Crippen LogP contribution in [0.1, 0.15) is 75.0 Å². The van der Waals surface area contributed by atoms with Crippen molar-refractivity contribution >= 4 is 57.0 Å². The molecular weight excluding hydrogens is 484 g/mol. The van der Waals surface area contributed by atoms with E-state index in [4.69, 9.17) is 0 Å². The van der Waals surface area contributed by atoms with Crippen LogP contribution in [0.15, 0.2) is 47.2 Å². The minimum atomic E-state index is 0.0890. The number of carbonyl (C=O) groups excluding carboxylic acids is 2. The summed E-state index contributed by atoms with van der Waals surface area (Å²) in [5, 5.41) is 5.99. The number of thiophene rings is 2. The number of rotatable bonds is 12. The van der Waals surface area contributed by atoms with Crippen molar-refractivity contribution in [3.05, 3.63) is 67.3 Å². The fourth-order valence-corrected chi connectivity index (χ4v) is 6.85. The first kappa shape index (κ1) is 25.0. The first-order valence-electron chi connectivity index (χ1n) is 13.3. The van der Waals surface area contributed by atoms with Crippen LogP contribution in [0.3, 0.4) is 0 Å². The fraction of sp³-hybridized carbons (Fsp3) is 0.400. The molecule has 2 aliphatic rings. The average Bonchev–Trinajstić information content (AvgIpc) is 3.66. The molecule has 0 saturated heterocycles. The van der Waals surface area contributed by atoms with Crippen molar-refractivity contribution in [3.63, 3.8) is 0 Å². The van der Waals surface area contributed by atoms with Gasteiger partial charge in [0.25, 0.3) is 11.8 Å². The molecule has 0 fully saturated rings. The number of unbranched alkanes of at least 4 members (excludes halogenated alkanes) is 6. The van der Waals surface area contributed by atoms with E-state index < -0.39 is 0 Å². The van der Waals surface area contributed by atoms with Gasteiger partial charge in [0.15, 0.2) is 0 Å². The Kier molecular flexibility index (Phi) is 7.73. The quantitative estimate of drug-likeness (QED) is 0.273. The van der Waals surface area contributed by atoms with Gasteiger partial charge in [0.1, 0.15) is 0 Å². The van der Waals surface area contributed by atoms with Crippen molar-refractivity contribution in [3.8, 4) is 0 Å². The van der Waals surface area contributed by atoms with Gasteiger partial charge in [-0.15, -0.1) is 22.7 Å². The molecule has 36 heavy (non-hydrogen) atoms. The maximum atomic E-state index is 13.8. The molecule has 0 saturated carbocycles. The highest BCUT2D eigenvalue weighted by molar-refractivity contribution is 7.11. The van der Waals surface area contributed by atoms with Gasteiger partial charge < -0.3 is 9.80 Å². The molecule has 4 nitrogen and oxygen atoms in total. The molecule has 4 heterocycles. The summed E-state index contributed by atoms with van der Waals surface area (Å²) < 4.78 is 0. The van der Waals surface area contributed by atoms with E-state index in [-0.39, 0.29) is 11.8 Å². The summed E-state index contributed by atoms with van der Waals surface area (Å²) in [4.78, 5) is 33.4. The third-order valence-electron chi connectivity index (χ3n) is 7.16. The van der Waals surface area contributed by atoms with Gasteiger partial charge in [-0.25, -0.2) is 0 Å². The van der Waals surface area contributed by atoms with E-state index in [9.17, 15) is 9.59 Å². The summed E-state index contributed by atoms with van der Waals surface area (Å²) >= 11 is 3.21. The van der Waals surface area contributed by atoms with Gasteiger partial charge in [0.2, 0.25) is 0 Å². The normalized spacial score (nSPS) is 14.8. The molecular formula is C30H34N2O2S2. The van der Waals surface area contributed by atoms with Crippen LogP contribution in [0.4, 0.5) is 11.4 Å². The Morgan fingerprint density at radius 1 is 0.639 bits per heavy atom. The largest absolute Gasteiger partial charge is 0.308 e. The number of amides is 2. The molecule has 2 aliphatic heterocycles. The van der Waals surface area contributed by atoms with Crippen LogP contribution in [0.25, 0.3) is 11.1 Å². The third kappa shape index (κ3) is 4.57. The van der Waals surface area contributed by atoms with Crippen molar-refractivity contribution in [2.24, 2.45) is 0 Å². The van der Waals surface area contributed by atoms with E-state index >= 15 is 0 Å². The van der Waals surface area contributed by atoms with Gasteiger partial charge in [-0.05, 0) is 47.9 Å². The Bertz CT molecular complexity index is 1250. The van der Waals surface area contributed by atoms with Crippen LogP contribution < -0.4 is 20.2 Å². The highest BCUT2D eigenvalue weighted by Gasteiger charge is 2.35. The standard InChI is InChI=1S/C30H34N2O2S2/c1-3-5-7-9-15-31-23-19-22-24(20-21(23)27(29(31)33)25-13-11-17-35-25)32(16-10-8-6-4-2)30(34)28(22)26-14-12-18-36-26/h11-14,17-20H,3-10,15-16H2,1-2H3. The summed E-state index contributed by atoms with van der Waals surface area (Å²) in [5.41, 5.74) is 3.46. The molecule has 0 N–H and O–H groups in total. The van der Waals surface area contributed by atoms with Crippen LogP contribution in [-0.2, 0) is 9.59 Å². The number of anilines is 2. The number of fused-ring (bicyclic) bond motifs is 2. The van der Waals surface area contributed by atoms with Gasteiger partial charge in [0, 0.05) is 33.3 Å². The maximum Gasteiger partial charge on any atom is 0.260 e. The highest BCUT2D eigenvalue weighted by atomic mass is 32.1. The molecule has 0 aliphatic carbocycles. The van der Waals surface area contributed by atoms with Crippen molar-refractivity contribution in [1.29, 1.82) is 0 Å². The Hall–Kier alpha value is -2.70.